The smallest absolute Gasteiger partial charge is 0.326 e. The average molecular weight is 278 g/mol. The van der Waals surface area contributed by atoms with Crippen molar-refractivity contribution < 1.29 is 19.8 Å². The highest BCUT2D eigenvalue weighted by Crippen LogP contribution is 2.04. The zero-order chi connectivity index (χ0) is 14.1. The van der Waals surface area contributed by atoms with E-state index in [4.69, 9.17) is 10.2 Å². The molecule has 0 fully saturated rings. The predicted octanol–water partition coefficient (Wildman–Crippen LogP) is 0.605. The molecule has 6 nitrogen and oxygen atoms in total. The molecule has 3 N–H and O–H groups in total. The quantitative estimate of drug-likeness (QED) is 0.605. The molecule has 0 unspecified atom stereocenters. The van der Waals surface area contributed by atoms with E-state index >= 15 is 0 Å². The van der Waals surface area contributed by atoms with Crippen molar-refractivity contribution in [2.24, 2.45) is 0 Å². The number of carboxylic acid groups (broad SMARTS) is 1. The molecular weight excluding hydrogens is 256 g/mol. The van der Waals surface area contributed by atoms with E-state index in [1.54, 1.807) is 0 Å². The first-order valence-electron chi connectivity index (χ1n) is 5.83. The van der Waals surface area contributed by atoms with Crippen LogP contribution in [0.3, 0.4) is 0 Å². The van der Waals surface area contributed by atoms with Crippen LogP contribution in [0, 0.1) is 0 Å². The molecule has 0 spiro atoms. The molecule has 0 saturated heterocycles. The van der Waals surface area contributed by atoms with Gasteiger partial charge < -0.3 is 20.4 Å². The maximum Gasteiger partial charge on any atom is 0.326 e. The van der Waals surface area contributed by atoms with Gasteiger partial charge in [-0.3, -0.25) is 0 Å². The van der Waals surface area contributed by atoms with Crippen molar-refractivity contribution >= 4 is 23.8 Å². The van der Waals surface area contributed by atoms with Gasteiger partial charge in [-0.15, -0.1) is 0 Å². The van der Waals surface area contributed by atoms with E-state index in [0.717, 1.165) is 0 Å². The number of amides is 2. The van der Waals surface area contributed by atoms with Gasteiger partial charge in [-0.2, -0.15) is 11.8 Å². The number of urea groups is 1. The highest BCUT2D eigenvalue weighted by atomic mass is 32.2. The summed E-state index contributed by atoms with van der Waals surface area (Å²) in [4.78, 5) is 24.3. The lowest BCUT2D eigenvalue weighted by Gasteiger charge is -2.27. The van der Waals surface area contributed by atoms with Crippen LogP contribution in [-0.4, -0.2) is 64.4 Å². The number of nitrogens with zero attached hydrogens (tertiary/aromatic N) is 1. The Kier molecular flexibility index (Phi) is 8.57. The van der Waals surface area contributed by atoms with Crippen LogP contribution in [0.4, 0.5) is 4.79 Å². The van der Waals surface area contributed by atoms with Crippen molar-refractivity contribution in [3.63, 3.8) is 0 Å². The summed E-state index contributed by atoms with van der Waals surface area (Å²) in [6.45, 7) is 3.67. The number of rotatable bonds is 8. The second-order valence-corrected chi connectivity index (χ2v) is 5.12. The van der Waals surface area contributed by atoms with E-state index in [-0.39, 0.29) is 19.2 Å². The Hall–Kier alpha value is -0.950. The number of thioether (sulfide) groups is 1. The third-order valence-electron chi connectivity index (χ3n) is 2.43. The fourth-order valence-corrected chi connectivity index (χ4v) is 1.90. The molecule has 0 aromatic heterocycles. The van der Waals surface area contributed by atoms with E-state index in [1.165, 1.54) is 16.7 Å². The molecule has 2 amide bonds. The highest BCUT2D eigenvalue weighted by Gasteiger charge is 2.23. The largest absolute Gasteiger partial charge is 0.480 e. The van der Waals surface area contributed by atoms with E-state index in [1.807, 2.05) is 20.1 Å². The van der Waals surface area contributed by atoms with Crippen molar-refractivity contribution in [1.29, 1.82) is 0 Å². The van der Waals surface area contributed by atoms with Crippen LogP contribution in [-0.2, 0) is 4.79 Å². The molecule has 106 valence electrons. The summed E-state index contributed by atoms with van der Waals surface area (Å²) in [5.41, 5.74) is 0. The van der Waals surface area contributed by atoms with Gasteiger partial charge in [0.1, 0.15) is 6.04 Å². The van der Waals surface area contributed by atoms with Crippen molar-refractivity contribution in [3.05, 3.63) is 0 Å². The fraction of sp³-hybridized carbons (Fsp3) is 0.818. The number of carbonyl (C=O) groups excluding carboxylic acids is 1. The number of aliphatic hydroxyl groups excluding tert-OH is 1. The summed E-state index contributed by atoms with van der Waals surface area (Å²) < 4.78 is 0. The monoisotopic (exact) mass is 278 g/mol. The van der Waals surface area contributed by atoms with Crippen molar-refractivity contribution in [3.8, 4) is 0 Å². The Bertz CT molecular complexity index is 274. The molecule has 0 rings (SSSR count). The number of carbonyl (C=O) groups is 2. The van der Waals surface area contributed by atoms with Gasteiger partial charge in [0.25, 0.3) is 0 Å². The molecule has 7 heteroatoms. The fourth-order valence-electron chi connectivity index (χ4n) is 1.43. The van der Waals surface area contributed by atoms with E-state index < -0.39 is 18.0 Å². The number of carboxylic acids is 1. The summed E-state index contributed by atoms with van der Waals surface area (Å²) >= 11 is 1.53. The van der Waals surface area contributed by atoms with Gasteiger partial charge in [0.15, 0.2) is 0 Å². The molecule has 0 aromatic rings. The van der Waals surface area contributed by atoms with Gasteiger partial charge in [-0.05, 0) is 32.3 Å². The Balaban J connectivity index is 4.50. The normalized spacial score (nSPS) is 12.3. The predicted molar refractivity (Wildman–Crippen MR) is 71.9 cm³/mol. The lowest BCUT2D eigenvalue weighted by molar-refractivity contribution is -0.139. The molecule has 0 bridgehead atoms. The number of aliphatic carboxylic acids is 1. The summed E-state index contributed by atoms with van der Waals surface area (Å²) in [6, 6.07) is -1.43. The Morgan fingerprint density at radius 3 is 2.39 bits per heavy atom. The highest BCUT2D eigenvalue weighted by molar-refractivity contribution is 7.98. The van der Waals surface area contributed by atoms with Gasteiger partial charge in [-0.1, -0.05) is 0 Å². The summed E-state index contributed by atoms with van der Waals surface area (Å²) in [6.07, 6.45) is 2.26. The van der Waals surface area contributed by atoms with Crippen LogP contribution in [0.15, 0.2) is 0 Å². The van der Waals surface area contributed by atoms with Crippen molar-refractivity contribution in [2.45, 2.75) is 32.4 Å². The molecule has 0 aliphatic carbocycles. The maximum absolute atomic E-state index is 11.9. The molecular formula is C11H22N2O4S. The third-order valence-corrected chi connectivity index (χ3v) is 3.08. The zero-order valence-corrected chi connectivity index (χ0v) is 11.9. The minimum Gasteiger partial charge on any atom is -0.480 e. The molecule has 0 aliphatic rings. The zero-order valence-electron chi connectivity index (χ0n) is 11.0. The third kappa shape index (κ3) is 6.11. The van der Waals surface area contributed by atoms with Crippen LogP contribution in [0.5, 0.6) is 0 Å². The topological polar surface area (TPSA) is 89.9 Å². The SMILES string of the molecule is CSCC[C@H](NC(=O)N(CCO)C(C)C)C(=O)O. The summed E-state index contributed by atoms with van der Waals surface area (Å²) in [7, 11) is 0. The Morgan fingerprint density at radius 2 is 2.00 bits per heavy atom. The van der Waals surface area contributed by atoms with E-state index in [2.05, 4.69) is 5.32 Å². The van der Waals surface area contributed by atoms with Gasteiger partial charge in [0, 0.05) is 12.6 Å². The minimum atomic E-state index is -1.04. The summed E-state index contributed by atoms with van der Waals surface area (Å²) in [5, 5.41) is 20.4. The van der Waals surface area contributed by atoms with E-state index in [9.17, 15) is 9.59 Å². The first-order valence-corrected chi connectivity index (χ1v) is 7.23. The number of aliphatic hydroxyl groups is 1. The van der Waals surface area contributed by atoms with Crippen LogP contribution >= 0.6 is 11.8 Å². The van der Waals surface area contributed by atoms with Gasteiger partial charge >= 0.3 is 12.0 Å². The second-order valence-electron chi connectivity index (χ2n) is 4.13. The van der Waals surface area contributed by atoms with Gasteiger partial charge in [0.2, 0.25) is 0 Å². The maximum atomic E-state index is 11.9. The Morgan fingerprint density at radius 1 is 1.39 bits per heavy atom. The standard InChI is InChI=1S/C11H22N2O4S/c1-8(2)13(5-6-14)11(17)12-9(10(15)16)4-7-18-3/h8-9,14H,4-7H2,1-3H3,(H,12,17)(H,15,16)/t9-/m0/s1. The molecule has 0 radical (unpaired) electrons. The van der Waals surface area contributed by atoms with Crippen LogP contribution in [0.1, 0.15) is 20.3 Å². The molecule has 1 atom stereocenters. The molecule has 0 heterocycles. The van der Waals surface area contributed by atoms with Crippen molar-refractivity contribution in [1.82, 2.24) is 10.2 Å². The average Bonchev–Trinajstić information content (AvgIpc) is 2.30. The van der Waals surface area contributed by atoms with Crippen LogP contribution < -0.4 is 5.32 Å². The van der Waals surface area contributed by atoms with Crippen LogP contribution in [0.2, 0.25) is 0 Å². The molecule has 18 heavy (non-hydrogen) atoms. The molecule has 0 aromatic carbocycles. The van der Waals surface area contributed by atoms with Gasteiger partial charge in [-0.25, -0.2) is 9.59 Å². The second kappa shape index (κ2) is 9.04. The summed E-state index contributed by atoms with van der Waals surface area (Å²) in [5.74, 6) is -0.371. The van der Waals surface area contributed by atoms with E-state index in [0.29, 0.717) is 12.2 Å². The van der Waals surface area contributed by atoms with Crippen molar-refractivity contribution in [2.75, 3.05) is 25.2 Å². The van der Waals surface area contributed by atoms with Gasteiger partial charge in [0.05, 0.1) is 6.61 Å². The number of hydrogen-bond donors (Lipinski definition) is 3. The lowest BCUT2D eigenvalue weighted by Crippen LogP contribution is -2.51. The molecule has 0 saturated carbocycles. The number of nitrogens with one attached hydrogen (secondary N) is 1. The first-order chi connectivity index (χ1) is 8.43. The minimum absolute atomic E-state index is 0.0906. The first kappa shape index (κ1) is 17.1. The van der Waals surface area contributed by atoms with Crippen LogP contribution in [0.25, 0.3) is 0 Å². The number of hydrogen-bond acceptors (Lipinski definition) is 4. The Labute approximate surface area is 112 Å². The lowest BCUT2D eigenvalue weighted by atomic mass is 10.2. The molecule has 0 aliphatic heterocycles.